The summed E-state index contributed by atoms with van der Waals surface area (Å²) in [4.78, 5) is 26.2. The molecule has 0 aliphatic carbocycles. The first-order valence-electron chi connectivity index (χ1n) is 7.56. The van der Waals surface area contributed by atoms with E-state index in [4.69, 9.17) is 5.73 Å². The molecule has 2 aromatic rings. The fourth-order valence-electron chi connectivity index (χ4n) is 3.02. The Bertz CT molecular complexity index is 825. The van der Waals surface area contributed by atoms with E-state index < -0.39 is 25.0 Å². The molecule has 0 fully saturated rings. The number of carboxylic acid groups (broad SMARTS) is 1. The molecule has 1 aromatic carbocycles. The molecule has 0 bridgehead atoms. The second-order valence-electron chi connectivity index (χ2n) is 5.50. The van der Waals surface area contributed by atoms with Crippen LogP contribution in [0.5, 0.6) is 0 Å². The summed E-state index contributed by atoms with van der Waals surface area (Å²) in [5.74, 6) is -1.77. The largest absolute Gasteiger partial charge is 0.477 e. The lowest BCUT2D eigenvalue weighted by Crippen LogP contribution is -2.08. The lowest BCUT2D eigenvalue weighted by molar-refractivity contribution is 0.0686. The van der Waals surface area contributed by atoms with E-state index in [-0.39, 0.29) is 30.0 Å². The predicted octanol–water partition coefficient (Wildman–Crippen LogP) is 0.518. The Hall–Kier alpha value is -2.52. The highest BCUT2D eigenvalue weighted by Gasteiger charge is 2.27. The van der Waals surface area contributed by atoms with Crippen molar-refractivity contribution in [1.29, 1.82) is 0 Å². The summed E-state index contributed by atoms with van der Waals surface area (Å²) in [5, 5.41) is 38.2. The van der Waals surface area contributed by atoms with Crippen molar-refractivity contribution in [2.45, 2.75) is 33.3 Å². The summed E-state index contributed by atoms with van der Waals surface area (Å²) in [6.45, 7) is -0.0335. The summed E-state index contributed by atoms with van der Waals surface area (Å²) in [6, 6.07) is 3.12. The average Bonchev–Trinajstić information content (AvgIpc) is 3.00. The fourth-order valence-corrected chi connectivity index (χ4v) is 3.02. The SMILES string of the molecule is CC(=O)c1c(C(=O)O)[nH]c(CN)c1-c1ccc(CO)c(CO)c1CO. The molecule has 134 valence electrons. The molecule has 25 heavy (non-hydrogen) atoms. The molecule has 0 aliphatic heterocycles. The van der Waals surface area contributed by atoms with Gasteiger partial charge in [-0.2, -0.15) is 0 Å². The number of Topliss-reactive ketones (excluding diaryl/α,β-unsaturated/α-hetero) is 1. The van der Waals surface area contributed by atoms with Gasteiger partial charge in [0.15, 0.2) is 5.78 Å². The van der Waals surface area contributed by atoms with E-state index in [0.717, 1.165) is 0 Å². The highest BCUT2D eigenvalue weighted by molar-refractivity contribution is 6.10. The molecule has 7 N–H and O–H groups in total. The Morgan fingerprint density at radius 3 is 2.16 bits per heavy atom. The number of aromatic amines is 1. The minimum atomic E-state index is -1.30. The van der Waals surface area contributed by atoms with Gasteiger partial charge in [0.05, 0.1) is 25.4 Å². The van der Waals surface area contributed by atoms with Gasteiger partial charge in [0, 0.05) is 17.8 Å². The number of rotatable bonds is 7. The smallest absolute Gasteiger partial charge is 0.353 e. The Morgan fingerprint density at radius 2 is 1.72 bits per heavy atom. The molecule has 0 spiro atoms. The van der Waals surface area contributed by atoms with Crippen molar-refractivity contribution >= 4 is 11.8 Å². The normalized spacial score (nSPS) is 10.9. The highest BCUT2D eigenvalue weighted by Crippen LogP contribution is 2.36. The van der Waals surface area contributed by atoms with Crippen molar-refractivity contribution < 1.29 is 30.0 Å². The topological polar surface area (TPSA) is 157 Å². The predicted molar refractivity (Wildman–Crippen MR) is 88.9 cm³/mol. The van der Waals surface area contributed by atoms with E-state index in [1.807, 2.05) is 0 Å². The Morgan fingerprint density at radius 1 is 1.08 bits per heavy atom. The second kappa shape index (κ2) is 7.58. The standard InChI is InChI=1S/C17H20N2O6/c1-8(23)14-15(13(4-18)19-16(14)17(24)25)10-3-2-9(5-20)11(6-21)12(10)7-22/h2-3,19-22H,4-7,18H2,1H3,(H,24,25). The first kappa shape index (κ1) is 18.8. The van der Waals surface area contributed by atoms with Gasteiger partial charge in [-0.15, -0.1) is 0 Å². The Labute approximate surface area is 143 Å². The fraction of sp³-hybridized carbons (Fsp3) is 0.294. The number of aromatic carboxylic acids is 1. The molecule has 8 nitrogen and oxygen atoms in total. The monoisotopic (exact) mass is 348 g/mol. The first-order valence-corrected chi connectivity index (χ1v) is 7.56. The van der Waals surface area contributed by atoms with Gasteiger partial charge in [-0.25, -0.2) is 4.79 Å². The molecule has 1 heterocycles. The molecule has 0 saturated carbocycles. The van der Waals surface area contributed by atoms with Gasteiger partial charge in [0.2, 0.25) is 0 Å². The summed E-state index contributed by atoms with van der Waals surface area (Å²) in [6.07, 6.45) is 0. The van der Waals surface area contributed by atoms with Crippen LogP contribution in [0.2, 0.25) is 0 Å². The van der Waals surface area contributed by atoms with Crippen molar-refractivity contribution in [3.05, 3.63) is 45.8 Å². The van der Waals surface area contributed by atoms with Crippen molar-refractivity contribution in [2.75, 3.05) is 0 Å². The van der Waals surface area contributed by atoms with E-state index >= 15 is 0 Å². The molecule has 1 aromatic heterocycles. The van der Waals surface area contributed by atoms with E-state index in [9.17, 15) is 30.0 Å². The van der Waals surface area contributed by atoms with Crippen LogP contribution in [0.25, 0.3) is 11.1 Å². The number of ketones is 1. The second-order valence-corrected chi connectivity index (χ2v) is 5.50. The highest BCUT2D eigenvalue weighted by atomic mass is 16.4. The number of nitrogens with two attached hydrogens (primary N) is 1. The summed E-state index contributed by atoms with van der Waals surface area (Å²) >= 11 is 0. The van der Waals surface area contributed by atoms with Crippen LogP contribution < -0.4 is 5.73 Å². The molecule has 0 aliphatic rings. The summed E-state index contributed by atoms with van der Waals surface area (Å²) in [5.41, 5.74) is 7.47. The number of hydrogen-bond donors (Lipinski definition) is 6. The molecule has 0 saturated heterocycles. The maximum absolute atomic E-state index is 12.1. The average molecular weight is 348 g/mol. The number of aliphatic hydroxyl groups is 3. The van der Waals surface area contributed by atoms with E-state index in [1.54, 1.807) is 12.1 Å². The zero-order valence-electron chi connectivity index (χ0n) is 13.7. The summed E-state index contributed by atoms with van der Waals surface area (Å²) < 4.78 is 0. The van der Waals surface area contributed by atoms with E-state index in [1.165, 1.54) is 6.92 Å². The van der Waals surface area contributed by atoms with Crippen LogP contribution >= 0.6 is 0 Å². The minimum absolute atomic E-state index is 0.0386. The molecule has 0 amide bonds. The van der Waals surface area contributed by atoms with Crippen LogP contribution in [0.15, 0.2) is 12.1 Å². The van der Waals surface area contributed by atoms with Crippen molar-refractivity contribution in [3.63, 3.8) is 0 Å². The zero-order valence-corrected chi connectivity index (χ0v) is 13.7. The molecular weight excluding hydrogens is 328 g/mol. The van der Waals surface area contributed by atoms with Gasteiger partial charge in [0.25, 0.3) is 0 Å². The van der Waals surface area contributed by atoms with Gasteiger partial charge >= 0.3 is 5.97 Å². The molecule has 0 atom stereocenters. The van der Waals surface area contributed by atoms with Crippen LogP contribution in [0, 0.1) is 0 Å². The number of H-pyrrole nitrogens is 1. The third-order valence-electron chi connectivity index (χ3n) is 4.13. The number of benzene rings is 1. The third kappa shape index (κ3) is 3.20. The maximum Gasteiger partial charge on any atom is 0.353 e. The van der Waals surface area contributed by atoms with Crippen molar-refractivity contribution in [2.24, 2.45) is 5.73 Å². The number of carboxylic acids is 1. The van der Waals surface area contributed by atoms with Crippen LogP contribution in [-0.4, -0.2) is 37.2 Å². The van der Waals surface area contributed by atoms with Crippen LogP contribution in [0.4, 0.5) is 0 Å². The van der Waals surface area contributed by atoms with E-state index in [0.29, 0.717) is 27.9 Å². The third-order valence-corrected chi connectivity index (χ3v) is 4.13. The van der Waals surface area contributed by atoms with Gasteiger partial charge in [-0.05, 0) is 29.2 Å². The zero-order chi connectivity index (χ0) is 18.7. The quantitative estimate of drug-likeness (QED) is 0.398. The van der Waals surface area contributed by atoms with Crippen LogP contribution in [-0.2, 0) is 26.4 Å². The van der Waals surface area contributed by atoms with Gasteiger partial charge in [-0.1, -0.05) is 12.1 Å². The number of carbonyl (C=O) groups excluding carboxylic acids is 1. The number of nitrogens with one attached hydrogen (secondary N) is 1. The molecule has 0 radical (unpaired) electrons. The number of hydrogen-bond acceptors (Lipinski definition) is 6. The van der Waals surface area contributed by atoms with Gasteiger partial charge in [0.1, 0.15) is 5.69 Å². The van der Waals surface area contributed by atoms with Crippen molar-refractivity contribution in [1.82, 2.24) is 4.98 Å². The van der Waals surface area contributed by atoms with Gasteiger partial charge in [-0.3, -0.25) is 4.79 Å². The summed E-state index contributed by atoms with van der Waals surface area (Å²) in [7, 11) is 0. The molecular formula is C17H20N2O6. The Kier molecular flexibility index (Phi) is 5.70. The molecule has 0 unspecified atom stereocenters. The number of carbonyl (C=O) groups is 2. The molecule has 2 rings (SSSR count). The number of aliphatic hydroxyl groups excluding tert-OH is 3. The van der Waals surface area contributed by atoms with Gasteiger partial charge < -0.3 is 31.1 Å². The molecule has 8 heteroatoms. The number of aromatic nitrogens is 1. The van der Waals surface area contributed by atoms with E-state index in [2.05, 4.69) is 4.98 Å². The first-order chi connectivity index (χ1) is 11.9. The van der Waals surface area contributed by atoms with Crippen LogP contribution in [0.3, 0.4) is 0 Å². The minimum Gasteiger partial charge on any atom is -0.477 e. The lowest BCUT2D eigenvalue weighted by Gasteiger charge is -2.16. The van der Waals surface area contributed by atoms with Crippen LogP contribution in [0.1, 0.15) is 50.2 Å². The van der Waals surface area contributed by atoms with Crippen molar-refractivity contribution in [3.8, 4) is 11.1 Å². The Balaban J connectivity index is 2.91. The lowest BCUT2D eigenvalue weighted by atomic mass is 9.89. The maximum atomic E-state index is 12.1.